The van der Waals surface area contributed by atoms with Crippen LogP contribution in [-0.2, 0) is 9.53 Å². The third kappa shape index (κ3) is 3.59. The van der Waals surface area contributed by atoms with E-state index in [0.717, 1.165) is 0 Å². The van der Waals surface area contributed by atoms with Crippen LogP contribution in [0.4, 0.5) is 0 Å². The topological polar surface area (TPSA) is 77.0 Å². The van der Waals surface area contributed by atoms with E-state index in [1.54, 1.807) is 18.2 Å². The Kier molecular flexibility index (Phi) is 4.59. The molecule has 2 N–H and O–H groups in total. The predicted octanol–water partition coefficient (Wildman–Crippen LogP) is 0.254. The average Bonchev–Trinajstić information content (AvgIpc) is 2.44. The quantitative estimate of drug-likeness (QED) is 0.800. The van der Waals surface area contributed by atoms with E-state index in [1.165, 1.54) is 7.11 Å². The van der Waals surface area contributed by atoms with Gasteiger partial charge in [-0.3, -0.25) is 4.79 Å². The summed E-state index contributed by atoms with van der Waals surface area (Å²) in [5.41, 5.74) is 0.668. The van der Waals surface area contributed by atoms with Crippen molar-refractivity contribution in [1.82, 2.24) is 5.32 Å². The number of amides is 1. The molecular formula is C13H17NO5. The lowest BCUT2D eigenvalue weighted by Gasteiger charge is -2.20. The number of methoxy groups -OCH3 is 1. The van der Waals surface area contributed by atoms with Gasteiger partial charge in [0.25, 0.3) is 0 Å². The minimum atomic E-state index is -0.795. The second-order valence-electron chi connectivity index (χ2n) is 4.16. The van der Waals surface area contributed by atoms with Gasteiger partial charge in [-0.15, -0.1) is 0 Å². The van der Waals surface area contributed by atoms with Crippen molar-refractivity contribution in [1.29, 1.82) is 0 Å². The molecule has 6 heteroatoms. The summed E-state index contributed by atoms with van der Waals surface area (Å²) in [6, 6.07) is 5.23. The number of hydrogen-bond acceptors (Lipinski definition) is 5. The number of carbonyl (C=O) groups is 1. The molecule has 1 aromatic rings. The molecule has 0 saturated heterocycles. The van der Waals surface area contributed by atoms with Crippen LogP contribution in [0.15, 0.2) is 18.2 Å². The van der Waals surface area contributed by atoms with Crippen LogP contribution in [-0.4, -0.2) is 44.5 Å². The van der Waals surface area contributed by atoms with Gasteiger partial charge in [0.05, 0.1) is 6.10 Å². The van der Waals surface area contributed by atoms with Crippen molar-refractivity contribution in [2.24, 2.45) is 0 Å². The first kappa shape index (κ1) is 13.6. The first-order valence-electron chi connectivity index (χ1n) is 6.04. The molecule has 0 saturated carbocycles. The number of ether oxygens (including phenoxy) is 3. The van der Waals surface area contributed by atoms with E-state index in [1.807, 2.05) is 0 Å². The van der Waals surface area contributed by atoms with Crippen LogP contribution < -0.4 is 14.8 Å². The number of hydrogen-bond donors (Lipinski definition) is 2. The Morgan fingerprint density at radius 2 is 2.16 bits per heavy atom. The predicted molar refractivity (Wildman–Crippen MR) is 67.3 cm³/mol. The molecule has 1 aliphatic heterocycles. The van der Waals surface area contributed by atoms with Gasteiger partial charge < -0.3 is 24.6 Å². The molecule has 2 rings (SSSR count). The number of rotatable bonds is 5. The molecule has 1 aromatic carbocycles. The zero-order chi connectivity index (χ0) is 13.7. The minimum absolute atomic E-state index is 0.0200. The SMILES string of the molecule is COCC(=O)NCC(O)c1ccc2c(c1)OCCO2. The summed E-state index contributed by atoms with van der Waals surface area (Å²) in [7, 11) is 1.44. The van der Waals surface area contributed by atoms with Crippen molar-refractivity contribution in [2.45, 2.75) is 6.10 Å². The van der Waals surface area contributed by atoms with E-state index in [2.05, 4.69) is 10.1 Å². The first-order chi connectivity index (χ1) is 9.20. The van der Waals surface area contributed by atoms with E-state index >= 15 is 0 Å². The zero-order valence-electron chi connectivity index (χ0n) is 10.7. The second-order valence-corrected chi connectivity index (χ2v) is 4.16. The molecule has 1 amide bonds. The second kappa shape index (κ2) is 6.40. The van der Waals surface area contributed by atoms with Gasteiger partial charge in [0.15, 0.2) is 11.5 Å². The molecule has 0 aromatic heterocycles. The zero-order valence-corrected chi connectivity index (χ0v) is 10.7. The number of aliphatic hydroxyl groups excluding tert-OH is 1. The van der Waals surface area contributed by atoms with Gasteiger partial charge in [-0.1, -0.05) is 6.07 Å². The highest BCUT2D eigenvalue weighted by Crippen LogP contribution is 2.32. The van der Waals surface area contributed by atoms with Crippen LogP contribution in [0.1, 0.15) is 11.7 Å². The summed E-state index contributed by atoms with van der Waals surface area (Å²) < 4.78 is 15.5. The van der Waals surface area contributed by atoms with E-state index < -0.39 is 6.10 Å². The van der Waals surface area contributed by atoms with Crippen LogP contribution in [0.2, 0.25) is 0 Å². The third-order valence-corrected chi connectivity index (χ3v) is 2.72. The average molecular weight is 267 g/mol. The Hall–Kier alpha value is -1.79. The fourth-order valence-corrected chi connectivity index (χ4v) is 1.78. The summed E-state index contributed by atoms with van der Waals surface area (Å²) in [5, 5.41) is 12.6. The number of nitrogens with one attached hydrogen (secondary N) is 1. The molecule has 1 heterocycles. The standard InChI is InChI=1S/C13H17NO5/c1-17-8-13(16)14-7-10(15)9-2-3-11-12(6-9)19-5-4-18-11/h2-3,6,10,15H,4-5,7-8H2,1H3,(H,14,16). The van der Waals surface area contributed by atoms with Crippen LogP contribution in [0.3, 0.4) is 0 Å². The monoisotopic (exact) mass is 267 g/mol. The van der Waals surface area contributed by atoms with Gasteiger partial charge in [0.2, 0.25) is 5.91 Å². The Bertz CT molecular complexity index is 449. The minimum Gasteiger partial charge on any atom is -0.486 e. The van der Waals surface area contributed by atoms with Crippen molar-refractivity contribution in [2.75, 3.05) is 33.5 Å². The Labute approximate surface area is 111 Å². The maximum atomic E-state index is 11.2. The molecule has 0 bridgehead atoms. The molecule has 1 atom stereocenters. The van der Waals surface area contributed by atoms with Crippen molar-refractivity contribution in [3.63, 3.8) is 0 Å². The Morgan fingerprint density at radius 3 is 2.89 bits per heavy atom. The molecule has 0 fully saturated rings. The highest BCUT2D eigenvalue weighted by molar-refractivity contribution is 5.77. The Morgan fingerprint density at radius 1 is 1.42 bits per heavy atom. The van der Waals surface area contributed by atoms with Gasteiger partial charge in [0.1, 0.15) is 19.8 Å². The Balaban J connectivity index is 1.95. The molecule has 0 radical (unpaired) electrons. The van der Waals surface area contributed by atoms with Crippen LogP contribution in [0.25, 0.3) is 0 Å². The van der Waals surface area contributed by atoms with E-state index in [0.29, 0.717) is 30.3 Å². The van der Waals surface area contributed by atoms with Gasteiger partial charge in [-0.2, -0.15) is 0 Å². The highest BCUT2D eigenvalue weighted by Gasteiger charge is 2.15. The van der Waals surface area contributed by atoms with Crippen LogP contribution in [0, 0.1) is 0 Å². The number of aliphatic hydroxyl groups is 1. The maximum absolute atomic E-state index is 11.2. The van der Waals surface area contributed by atoms with Crippen molar-refractivity contribution >= 4 is 5.91 Å². The lowest BCUT2D eigenvalue weighted by Crippen LogP contribution is -2.31. The van der Waals surface area contributed by atoms with E-state index in [9.17, 15) is 9.90 Å². The van der Waals surface area contributed by atoms with E-state index in [4.69, 9.17) is 9.47 Å². The van der Waals surface area contributed by atoms with Crippen molar-refractivity contribution in [3.8, 4) is 11.5 Å². The fraction of sp³-hybridized carbons (Fsp3) is 0.462. The molecule has 104 valence electrons. The highest BCUT2D eigenvalue weighted by atomic mass is 16.6. The molecule has 6 nitrogen and oxygen atoms in total. The van der Waals surface area contributed by atoms with Gasteiger partial charge in [0, 0.05) is 13.7 Å². The summed E-state index contributed by atoms with van der Waals surface area (Å²) in [4.78, 5) is 11.2. The van der Waals surface area contributed by atoms with Crippen LogP contribution in [0.5, 0.6) is 11.5 Å². The summed E-state index contributed by atoms with van der Waals surface area (Å²) in [6.07, 6.45) is -0.795. The normalized spacial score (nSPS) is 14.8. The summed E-state index contributed by atoms with van der Waals surface area (Å²) in [5.74, 6) is 1.02. The molecule has 1 aliphatic rings. The molecule has 0 aliphatic carbocycles. The molecular weight excluding hydrogens is 250 g/mol. The number of carbonyl (C=O) groups excluding carboxylic acids is 1. The molecule has 19 heavy (non-hydrogen) atoms. The van der Waals surface area contributed by atoms with Gasteiger partial charge in [-0.05, 0) is 17.7 Å². The molecule has 0 spiro atoms. The van der Waals surface area contributed by atoms with E-state index in [-0.39, 0.29) is 19.1 Å². The van der Waals surface area contributed by atoms with Crippen molar-refractivity contribution < 1.29 is 24.1 Å². The summed E-state index contributed by atoms with van der Waals surface area (Å²) >= 11 is 0. The lowest BCUT2D eigenvalue weighted by molar-refractivity contribution is -0.125. The maximum Gasteiger partial charge on any atom is 0.246 e. The fourth-order valence-electron chi connectivity index (χ4n) is 1.78. The van der Waals surface area contributed by atoms with Crippen LogP contribution >= 0.6 is 0 Å². The summed E-state index contributed by atoms with van der Waals surface area (Å²) in [6.45, 7) is 1.13. The smallest absolute Gasteiger partial charge is 0.246 e. The number of fused-ring (bicyclic) bond motifs is 1. The van der Waals surface area contributed by atoms with Crippen molar-refractivity contribution in [3.05, 3.63) is 23.8 Å². The largest absolute Gasteiger partial charge is 0.486 e. The first-order valence-corrected chi connectivity index (χ1v) is 6.04. The number of benzene rings is 1. The molecule has 1 unspecified atom stereocenters. The lowest BCUT2D eigenvalue weighted by atomic mass is 10.1. The van der Waals surface area contributed by atoms with Gasteiger partial charge in [-0.25, -0.2) is 0 Å². The van der Waals surface area contributed by atoms with Gasteiger partial charge >= 0.3 is 0 Å². The third-order valence-electron chi connectivity index (χ3n) is 2.72.